The van der Waals surface area contributed by atoms with E-state index in [1.807, 2.05) is 39.8 Å². The molecule has 0 aliphatic heterocycles. The van der Waals surface area contributed by atoms with Crippen LogP contribution in [0.25, 0.3) is 0 Å². The zero-order valence-corrected chi connectivity index (χ0v) is 21.0. The van der Waals surface area contributed by atoms with Crippen molar-refractivity contribution in [3.8, 4) is 0 Å². The molecule has 0 aliphatic carbocycles. The fourth-order valence-corrected chi connectivity index (χ4v) is 9.05. The quantitative estimate of drug-likeness (QED) is 0.390. The van der Waals surface area contributed by atoms with Gasteiger partial charge in [-0.1, -0.05) is 64.1 Å². The normalized spacial score (nSPS) is 17.8. The summed E-state index contributed by atoms with van der Waals surface area (Å²) in [4.78, 5) is 0. The average molecular weight is 466 g/mol. The van der Waals surface area contributed by atoms with E-state index < -0.39 is 26.4 Å². The van der Waals surface area contributed by atoms with Crippen LogP contribution < -0.4 is 10.6 Å². The van der Waals surface area contributed by atoms with E-state index in [9.17, 15) is 14.2 Å². The van der Waals surface area contributed by atoms with E-state index in [2.05, 4.69) is 0 Å². The Balaban J connectivity index is 2.59. The standard InChI is InChI=1S/C24H36O5P2/c1-6-28-31(27,22-15-11-8-12-16-22)24(18-20(4)5)29-30(26,23(25)17-19(2)3)21-13-9-7-10-14-21/h7-16,19-20,23-25H,6,17-18H2,1-5H3/t23-,24+,30+,31+/m0/s1. The van der Waals surface area contributed by atoms with Gasteiger partial charge in [-0.05, 0) is 55.9 Å². The van der Waals surface area contributed by atoms with E-state index in [-0.39, 0.29) is 18.4 Å². The molecule has 31 heavy (non-hydrogen) atoms. The first-order valence-corrected chi connectivity index (χ1v) is 14.3. The molecule has 2 rings (SSSR count). The van der Waals surface area contributed by atoms with Crippen LogP contribution in [0.15, 0.2) is 60.7 Å². The van der Waals surface area contributed by atoms with Crippen molar-refractivity contribution < 1.29 is 23.3 Å². The van der Waals surface area contributed by atoms with Crippen LogP contribution in [0.4, 0.5) is 0 Å². The Hall–Kier alpha value is -1.22. The highest BCUT2D eigenvalue weighted by Crippen LogP contribution is 2.62. The van der Waals surface area contributed by atoms with Gasteiger partial charge in [0.15, 0.2) is 0 Å². The minimum atomic E-state index is -3.77. The third-order valence-electron chi connectivity index (χ3n) is 4.96. The Morgan fingerprint density at radius 3 is 1.65 bits per heavy atom. The van der Waals surface area contributed by atoms with Gasteiger partial charge in [-0.2, -0.15) is 0 Å². The highest BCUT2D eigenvalue weighted by atomic mass is 31.2. The molecule has 172 valence electrons. The SMILES string of the molecule is CCO[P@](=O)(c1ccccc1)[C@H](CC(C)C)O[P@](=O)(c1ccccc1)[C@H](O)CC(C)C. The van der Waals surface area contributed by atoms with Crippen molar-refractivity contribution in [2.45, 2.75) is 59.2 Å². The Labute approximate surface area is 187 Å². The molecule has 0 spiro atoms. The smallest absolute Gasteiger partial charge is 0.260 e. The highest BCUT2D eigenvalue weighted by Gasteiger charge is 2.45. The average Bonchev–Trinajstić information content (AvgIpc) is 2.73. The maximum atomic E-state index is 14.3. The van der Waals surface area contributed by atoms with Gasteiger partial charge < -0.3 is 14.2 Å². The molecule has 0 heterocycles. The maximum absolute atomic E-state index is 14.3. The second kappa shape index (κ2) is 11.6. The molecule has 0 amide bonds. The van der Waals surface area contributed by atoms with Crippen LogP contribution in [0.1, 0.15) is 47.5 Å². The van der Waals surface area contributed by atoms with Crippen LogP contribution in [-0.2, 0) is 18.2 Å². The van der Waals surface area contributed by atoms with E-state index in [0.29, 0.717) is 23.5 Å². The Bertz CT molecular complexity index is 883. The van der Waals surface area contributed by atoms with Crippen molar-refractivity contribution >= 4 is 25.3 Å². The molecule has 0 saturated carbocycles. The van der Waals surface area contributed by atoms with Gasteiger partial charge in [0.25, 0.3) is 14.7 Å². The molecule has 1 N–H and O–H groups in total. The number of benzene rings is 2. The first-order chi connectivity index (χ1) is 14.6. The van der Waals surface area contributed by atoms with Gasteiger partial charge in [0, 0.05) is 10.6 Å². The Kier molecular flexibility index (Phi) is 9.73. The van der Waals surface area contributed by atoms with Crippen molar-refractivity contribution in [3.05, 3.63) is 60.7 Å². The van der Waals surface area contributed by atoms with Crippen LogP contribution in [0.3, 0.4) is 0 Å². The molecule has 0 radical (unpaired) electrons. The van der Waals surface area contributed by atoms with Gasteiger partial charge in [-0.25, -0.2) is 0 Å². The predicted octanol–water partition coefficient (Wildman–Crippen LogP) is 5.98. The lowest BCUT2D eigenvalue weighted by Gasteiger charge is -2.34. The lowest BCUT2D eigenvalue weighted by atomic mass is 10.1. The monoisotopic (exact) mass is 466 g/mol. The van der Waals surface area contributed by atoms with Gasteiger partial charge in [0.1, 0.15) is 11.7 Å². The summed E-state index contributed by atoms with van der Waals surface area (Å²) >= 11 is 0. The van der Waals surface area contributed by atoms with Gasteiger partial charge in [-0.15, -0.1) is 0 Å². The summed E-state index contributed by atoms with van der Waals surface area (Å²) in [5.41, 5.74) is 0. The van der Waals surface area contributed by atoms with Crippen molar-refractivity contribution in [2.75, 3.05) is 6.61 Å². The minimum Gasteiger partial charge on any atom is -0.383 e. The largest absolute Gasteiger partial charge is 0.383 e. The predicted molar refractivity (Wildman–Crippen MR) is 129 cm³/mol. The van der Waals surface area contributed by atoms with Crippen molar-refractivity contribution in [1.82, 2.24) is 0 Å². The van der Waals surface area contributed by atoms with Gasteiger partial charge in [-0.3, -0.25) is 9.13 Å². The third-order valence-corrected chi connectivity index (χ3v) is 10.4. The Morgan fingerprint density at radius 1 is 0.774 bits per heavy atom. The molecule has 4 atom stereocenters. The first-order valence-electron chi connectivity index (χ1n) is 10.9. The molecule has 0 unspecified atom stereocenters. The Morgan fingerprint density at radius 2 is 1.23 bits per heavy atom. The van der Waals surface area contributed by atoms with Crippen molar-refractivity contribution in [2.24, 2.45) is 11.8 Å². The zero-order valence-electron chi connectivity index (χ0n) is 19.2. The minimum absolute atomic E-state index is 0.118. The molecule has 0 aromatic heterocycles. The molecule has 0 saturated heterocycles. The summed E-state index contributed by atoms with van der Waals surface area (Å²) in [6.07, 6.45) is 0.697. The van der Waals surface area contributed by atoms with Crippen LogP contribution >= 0.6 is 14.7 Å². The summed E-state index contributed by atoms with van der Waals surface area (Å²) < 4.78 is 40.7. The van der Waals surface area contributed by atoms with Gasteiger partial charge in [0.2, 0.25) is 0 Å². The highest BCUT2D eigenvalue weighted by molar-refractivity contribution is 7.70. The summed E-state index contributed by atoms with van der Waals surface area (Å²) in [6.45, 7) is 9.92. The van der Waals surface area contributed by atoms with Crippen molar-refractivity contribution in [1.29, 1.82) is 0 Å². The summed E-state index contributed by atoms with van der Waals surface area (Å²) in [5.74, 6) is -1.90. The fourth-order valence-electron chi connectivity index (χ4n) is 3.48. The van der Waals surface area contributed by atoms with E-state index in [1.165, 1.54) is 0 Å². The molecule has 0 aliphatic rings. The molecular weight excluding hydrogens is 430 g/mol. The number of aliphatic hydroxyl groups excluding tert-OH is 1. The van der Waals surface area contributed by atoms with Crippen molar-refractivity contribution in [3.63, 3.8) is 0 Å². The second-order valence-corrected chi connectivity index (χ2v) is 13.6. The number of hydrogen-bond acceptors (Lipinski definition) is 5. The molecule has 7 heteroatoms. The summed E-state index contributed by atoms with van der Waals surface area (Å²) in [6, 6.07) is 17.7. The number of rotatable bonds is 12. The van der Waals surface area contributed by atoms with Crippen LogP contribution in [0, 0.1) is 11.8 Å². The topological polar surface area (TPSA) is 72.8 Å². The summed E-state index contributed by atoms with van der Waals surface area (Å²) in [7, 11) is -7.30. The molecule has 0 bridgehead atoms. The van der Waals surface area contributed by atoms with Gasteiger partial charge in [0.05, 0.1) is 6.61 Å². The molecular formula is C24H36O5P2. The van der Waals surface area contributed by atoms with Gasteiger partial charge >= 0.3 is 0 Å². The fraction of sp³-hybridized carbons (Fsp3) is 0.500. The van der Waals surface area contributed by atoms with E-state index >= 15 is 0 Å². The van der Waals surface area contributed by atoms with E-state index in [1.54, 1.807) is 55.5 Å². The first kappa shape index (κ1) is 26.0. The molecule has 2 aromatic rings. The number of hydrogen-bond donors (Lipinski definition) is 1. The third kappa shape index (κ3) is 6.63. The summed E-state index contributed by atoms with van der Waals surface area (Å²) in [5, 5.41) is 12.0. The van der Waals surface area contributed by atoms with Crippen LogP contribution in [0.2, 0.25) is 0 Å². The van der Waals surface area contributed by atoms with E-state index in [4.69, 9.17) is 9.05 Å². The zero-order chi connectivity index (χ0) is 23.1. The van der Waals surface area contributed by atoms with Crippen LogP contribution in [-0.4, -0.2) is 23.4 Å². The van der Waals surface area contributed by atoms with Crippen LogP contribution in [0.5, 0.6) is 0 Å². The van der Waals surface area contributed by atoms with E-state index in [0.717, 1.165) is 0 Å². The molecule has 0 fully saturated rings. The lowest BCUT2D eigenvalue weighted by molar-refractivity contribution is 0.166. The molecule has 5 nitrogen and oxygen atoms in total. The lowest BCUT2D eigenvalue weighted by Crippen LogP contribution is -2.29. The maximum Gasteiger partial charge on any atom is 0.260 e. The second-order valence-electron chi connectivity index (χ2n) is 8.58. The molecule has 2 aromatic carbocycles. The number of aliphatic hydroxyl groups is 1.